The van der Waals surface area contributed by atoms with Gasteiger partial charge in [-0.3, -0.25) is 9.00 Å². The first-order chi connectivity index (χ1) is 8.43. The molecular weight excluding hydrogens is 246 g/mol. The Morgan fingerprint density at radius 3 is 2.33 bits per heavy atom. The van der Waals surface area contributed by atoms with Gasteiger partial charge in [-0.15, -0.1) is 0 Å². The van der Waals surface area contributed by atoms with Crippen LogP contribution in [-0.2, 0) is 15.6 Å². The fourth-order valence-electron chi connectivity index (χ4n) is 1.78. The van der Waals surface area contributed by atoms with Crippen LogP contribution in [0.15, 0.2) is 53.0 Å². The number of nitrogens with two attached hydrogens (primary N) is 1. The van der Waals surface area contributed by atoms with Crippen LogP contribution in [0.25, 0.3) is 0 Å². The maximum absolute atomic E-state index is 12.5. The number of allylic oxidation sites excluding steroid dienone is 2. The van der Waals surface area contributed by atoms with E-state index in [0.29, 0.717) is 10.5 Å². The van der Waals surface area contributed by atoms with Crippen molar-refractivity contribution in [2.45, 2.75) is 23.6 Å². The maximum Gasteiger partial charge on any atom is 0.178 e. The predicted octanol–water partition coefficient (Wildman–Crippen LogP) is 1.84. The molecule has 0 radical (unpaired) electrons. The predicted molar refractivity (Wildman–Crippen MR) is 72.4 cm³/mol. The van der Waals surface area contributed by atoms with Crippen LogP contribution >= 0.6 is 0 Å². The molecule has 0 aliphatic heterocycles. The van der Waals surface area contributed by atoms with Gasteiger partial charge in [-0.1, -0.05) is 17.7 Å². The van der Waals surface area contributed by atoms with Crippen molar-refractivity contribution in [1.29, 1.82) is 0 Å². The maximum atomic E-state index is 12.5. The summed E-state index contributed by atoms with van der Waals surface area (Å²) in [4.78, 5) is 10.8. The van der Waals surface area contributed by atoms with E-state index >= 15 is 0 Å². The van der Waals surface area contributed by atoms with Crippen LogP contribution in [-0.4, -0.2) is 14.9 Å². The van der Waals surface area contributed by atoms with Crippen LogP contribution in [0, 0.1) is 6.92 Å². The molecule has 3 nitrogen and oxygen atoms in total. The van der Waals surface area contributed by atoms with Gasteiger partial charge in [0.2, 0.25) is 0 Å². The minimum atomic E-state index is -1.42. The second-order valence-corrected chi connectivity index (χ2v) is 6.12. The van der Waals surface area contributed by atoms with Crippen molar-refractivity contribution in [3.8, 4) is 0 Å². The van der Waals surface area contributed by atoms with Crippen molar-refractivity contribution >= 4 is 16.6 Å². The number of hydrogen-bond donors (Lipinski definition) is 1. The molecule has 18 heavy (non-hydrogen) atoms. The number of benzene rings is 1. The van der Waals surface area contributed by atoms with Crippen molar-refractivity contribution in [3.63, 3.8) is 0 Å². The minimum absolute atomic E-state index is 0.116. The molecular formula is C14H15NO2S. The molecule has 0 fully saturated rings. The molecule has 1 unspecified atom stereocenters. The van der Waals surface area contributed by atoms with Crippen molar-refractivity contribution in [3.05, 3.63) is 53.6 Å². The van der Waals surface area contributed by atoms with E-state index in [1.807, 2.05) is 19.1 Å². The lowest BCUT2D eigenvalue weighted by molar-refractivity contribution is -0.110. The Morgan fingerprint density at radius 2 is 1.78 bits per heavy atom. The zero-order valence-electron chi connectivity index (χ0n) is 10.3. The third-order valence-corrected chi connectivity index (χ3v) is 4.78. The third-order valence-electron chi connectivity index (χ3n) is 3.01. The first kappa shape index (κ1) is 12.9. The largest absolute Gasteiger partial charge is 0.308 e. The summed E-state index contributed by atoms with van der Waals surface area (Å²) < 4.78 is 12.5. The van der Waals surface area contributed by atoms with E-state index in [1.165, 1.54) is 18.2 Å². The molecule has 1 aliphatic carbocycles. The van der Waals surface area contributed by atoms with Crippen LogP contribution in [0.3, 0.4) is 0 Å². The molecule has 0 heterocycles. The highest BCUT2D eigenvalue weighted by Crippen LogP contribution is 2.28. The van der Waals surface area contributed by atoms with Crippen LogP contribution in [0.5, 0.6) is 0 Å². The molecule has 1 aromatic carbocycles. The molecule has 2 rings (SSSR count). The van der Waals surface area contributed by atoms with E-state index in [0.717, 1.165) is 5.56 Å². The number of aryl methyl sites for hydroxylation is 1. The highest BCUT2D eigenvalue weighted by molar-refractivity contribution is 7.86. The van der Waals surface area contributed by atoms with Gasteiger partial charge in [-0.05, 0) is 49.8 Å². The van der Waals surface area contributed by atoms with E-state index < -0.39 is 15.7 Å². The average molecular weight is 261 g/mol. The molecule has 1 aromatic rings. The smallest absolute Gasteiger partial charge is 0.178 e. The summed E-state index contributed by atoms with van der Waals surface area (Å²) in [6.45, 7) is 3.70. The normalized spacial score (nSPS) is 24.8. The highest BCUT2D eigenvalue weighted by Gasteiger charge is 2.35. The monoisotopic (exact) mass is 261 g/mol. The molecule has 4 heteroatoms. The summed E-state index contributed by atoms with van der Waals surface area (Å²) in [6, 6.07) is 7.40. The van der Waals surface area contributed by atoms with Crippen LogP contribution in [0.2, 0.25) is 0 Å². The van der Waals surface area contributed by atoms with Crippen molar-refractivity contribution in [2.24, 2.45) is 5.73 Å². The zero-order chi connectivity index (χ0) is 13.3. The van der Waals surface area contributed by atoms with Crippen molar-refractivity contribution < 1.29 is 9.00 Å². The number of hydrogen-bond acceptors (Lipinski definition) is 3. The second-order valence-electron chi connectivity index (χ2n) is 4.44. The molecule has 2 atom stereocenters. The van der Waals surface area contributed by atoms with Gasteiger partial charge >= 0.3 is 0 Å². The van der Waals surface area contributed by atoms with Gasteiger partial charge in [0.05, 0.1) is 10.8 Å². The van der Waals surface area contributed by atoms with Crippen molar-refractivity contribution in [1.82, 2.24) is 0 Å². The number of ketones is 1. The van der Waals surface area contributed by atoms with Crippen LogP contribution in [0.1, 0.15) is 12.5 Å². The lowest BCUT2D eigenvalue weighted by Crippen LogP contribution is -2.45. The fraction of sp³-hybridized carbons (Fsp3) is 0.214. The Morgan fingerprint density at radius 1 is 1.17 bits per heavy atom. The first-order valence-electron chi connectivity index (χ1n) is 5.63. The number of rotatable bonds is 2. The first-order valence-corrected chi connectivity index (χ1v) is 6.78. The number of carbonyl (C=O) groups excluding carboxylic acids is 1. The minimum Gasteiger partial charge on any atom is -0.308 e. The average Bonchev–Trinajstić information content (AvgIpc) is 2.34. The standard InChI is InChI=1S/C14H15NO2S/c1-10-3-5-13(6-4-10)18(17)14(15)8-7-12(16)9-11(14)2/h3-9H,15H2,1-2H3/t14-,18?/m0/s1. The lowest BCUT2D eigenvalue weighted by atomic mass is 10.0. The van der Waals surface area contributed by atoms with Gasteiger partial charge in [-0.2, -0.15) is 0 Å². The van der Waals surface area contributed by atoms with E-state index in [-0.39, 0.29) is 5.78 Å². The topological polar surface area (TPSA) is 60.2 Å². The van der Waals surface area contributed by atoms with Gasteiger partial charge < -0.3 is 5.73 Å². The van der Waals surface area contributed by atoms with Crippen molar-refractivity contribution in [2.75, 3.05) is 0 Å². The lowest BCUT2D eigenvalue weighted by Gasteiger charge is -2.28. The molecule has 0 spiro atoms. The SMILES string of the molecule is CC1=CC(=O)C=C[C@]1(N)S(=O)c1ccc(C)cc1. The van der Waals surface area contributed by atoms with E-state index in [9.17, 15) is 9.00 Å². The van der Waals surface area contributed by atoms with E-state index in [1.54, 1.807) is 19.1 Å². The van der Waals surface area contributed by atoms with Gasteiger partial charge in [0.25, 0.3) is 0 Å². The summed E-state index contributed by atoms with van der Waals surface area (Å²) in [7, 11) is -1.42. The summed E-state index contributed by atoms with van der Waals surface area (Å²) in [6.07, 6.45) is 4.34. The van der Waals surface area contributed by atoms with E-state index in [4.69, 9.17) is 5.73 Å². The molecule has 0 amide bonds. The Hall–Kier alpha value is -1.52. The Bertz CT molecular complexity index is 572. The van der Waals surface area contributed by atoms with Crippen LogP contribution < -0.4 is 5.73 Å². The van der Waals surface area contributed by atoms with E-state index in [2.05, 4.69) is 0 Å². The third kappa shape index (κ3) is 2.21. The highest BCUT2D eigenvalue weighted by atomic mass is 32.2. The number of carbonyl (C=O) groups is 1. The van der Waals surface area contributed by atoms with Gasteiger partial charge in [0.15, 0.2) is 5.78 Å². The Balaban J connectivity index is 2.40. The molecule has 0 bridgehead atoms. The Labute approximate surface area is 109 Å². The quantitative estimate of drug-likeness (QED) is 0.883. The second kappa shape index (κ2) is 4.63. The fourth-order valence-corrected chi connectivity index (χ4v) is 3.09. The van der Waals surface area contributed by atoms with Gasteiger partial charge in [0, 0.05) is 4.90 Å². The summed E-state index contributed by atoms with van der Waals surface area (Å²) in [5.74, 6) is -0.116. The van der Waals surface area contributed by atoms with Gasteiger partial charge in [-0.25, -0.2) is 0 Å². The molecule has 94 valence electrons. The molecule has 1 aliphatic rings. The molecule has 0 saturated heterocycles. The molecule has 2 N–H and O–H groups in total. The zero-order valence-corrected chi connectivity index (χ0v) is 11.2. The molecule has 0 aromatic heterocycles. The van der Waals surface area contributed by atoms with Crippen LogP contribution in [0.4, 0.5) is 0 Å². The molecule has 0 saturated carbocycles. The summed E-state index contributed by atoms with van der Waals surface area (Å²) in [5, 5.41) is 0. The van der Waals surface area contributed by atoms with Gasteiger partial charge in [0.1, 0.15) is 4.87 Å². The summed E-state index contributed by atoms with van der Waals surface area (Å²) >= 11 is 0. The summed E-state index contributed by atoms with van der Waals surface area (Å²) in [5.41, 5.74) is 7.89. The Kier molecular flexibility index (Phi) is 3.32.